The number of furan rings is 1. The Bertz CT molecular complexity index is 741. The summed E-state index contributed by atoms with van der Waals surface area (Å²) in [7, 11) is 1.76. The summed E-state index contributed by atoms with van der Waals surface area (Å²) in [5, 5.41) is 8.08. The summed E-state index contributed by atoms with van der Waals surface area (Å²) < 4.78 is 10.7. The van der Waals surface area contributed by atoms with E-state index in [2.05, 4.69) is 15.6 Å². The van der Waals surface area contributed by atoms with Gasteiger partial charge in [-0.1, -0.05) is 29.3 Å². The van der Waals surface area contributed by atoms with Crippen LogP contribution in [0.15, 0.2) is 46.2 Å². The van der Waals surface area contributed by atoms with Gasteiger partial charge in [0.2, 0.25) is 0 Å². The molecule has 5 nitrogen and oxygen atoms in total. The standard InChI is InChI=1S/C19H23Cl2N3O2/c1-22-18(23-11-14-4-7-26-12-14)24-13-19(5-8-25-9-6-19)16-3-2-15(20)10-17(16)21/h2-4,7,10,12H,5-6,8-9,11,13H2,1H3,(H2,22,23,24). The fraction of sp³-hybridized carbons (Fsp3) is 0.421. The zero-order valence-electron chi connectivity index (χ0n) is 14.7. The van der Waals surface area contributed by atoms with Gasteiger partial charge in [0.25, 0.3) is 0 Å². The summed E-state index contributed by atoms with van der Waals surface area (Å²) >= 11 is 12.6. The summed E-state index contributed by atoms with van der Waals surface area (Å²) in [6.07, 6.45) is 5.15. The molecule has 0 spiro atoms. The van der Waals surface area contributed by atoms with Crippen LogP contribution in [0.25, 0.3) is 0 Å². The number of ether oxygens (including phenoxy) is 1. The summed E-state index contributed by atoms with van der Waals surface area (Å²) in [5.74, 6) is 0.738. The third-order valence-corrected chi connectivity index (χ3v) is 5.36. The normalized spacial score (nSPS) is 17.1. The molecule has 1 aliphatic heterocycles. The molecule has 2 heterocycles. The van der Waals surface area contributed by atoms with E-state index in [1.165, 1.54) is 0 Å². The van der Waals surface area contributed by atoms with E-state index < -0.39 is 0 Å². The zero-order chi connectivity index (χ0) is 18.4. The first-order chi connectivity index (χ1) is 12.6. The number of nitrogens with one attached hydrogen (secondary N) is 2. The lowest BCUT2D eigenvalue weighted by atomic mass is 9.74. The summed E-state index contributed by atoms with van der Waals surface area (Å²) in [6.45, 7) is 2.78. The molecule has 1 aromatic carbocycles. The van der Waals surface area contributed by atoms with Crippen molar-refractivity contribution in [3.05, 3.63) is 58.0 Å². The number of rotatable bonds is 5. The van der Waals surface area contributed by atoms with Crippen LogP contribution < -0.4 is 10.6 Å². The van der Waals surface area contributed by atoms with E-state index in [0.29, 0.717) is 36.3 Å². The molecule has 2 aromatic rings. The Morgan fingerprint density at radius 2 is 2.00 bits per heavy atom. The van der Waals surface area contributed by atoms with Crippen LogP contribution in [-0.2, 0) is 16.7 Å². The predicted molar refractivity (Wildman–Crippen MR) is 105 cm³/mol. The maximum absolute atomic E-state index is 6.52. The van der Waals surface area contributed by atoms with Gasteiger partial charge >= 0.3 is 0 Å². The first kappa shape index (κ1) is 19.1. The Balaban J connectivity index is 1.71. The summed E-state index contributed by atoms with van der Waals surface area (Å²) in [5.41, 5.74) is 2.05. The van der Waals surface area contributed by atoms with Crippen LogP contribution in [0.1, 0.15) is 24.0 Å². The van der Waals surface area contributed by atoms with Gasteiger partial charge in [-0.15, -0.1) is 0 Å². The van der Waals surface area contributed by atoms with Crippen molar-refractivity contribution in [1.29, 1.82) is 0 Å². The Kier molecular flexibility index (Phi) is 6.46. The number of hydrogen-bond donors (Lipinski definition) is 2. The van der Waals surface area contributed by atoms with E-state index in [0.717, 1.165) is 29.9 Å². The highest BCUT2D eigenvalue weighted by Gasteiger charge is 2.36. The van der Waals surface area contributed by atoms with Gasteiger partial charge in [0.1, 0.15) is 0 Å². The average molecular weight is 396 g/mol. The molecule has 7 heteroatoms. The van der Waals surface area contributed by atoms with Crippen LogP contribution >= 0.6 is 23.2 Å². The molecule has 140 valence electrons. The van der Waals surface area contributed by atoms with Crippen molar-refractivity contribution in [2.45, 2.75) is 24.8 Å². The molecule has 1 aromatic heterocycles. The maximum atomic E-state index is 6.52. The highest BCUT2D eigenvalue weighted by atomic mass is 35.5. The minimum atomic E-state index is -0.118. The van der Waals surface area contributed by atoms with Crippen molar-refractivity contribution in [3.8, 4) is 0 Å². The van der Waals surface area contributed by atoms with E-state index in [1.54, 1.807) is 19.6 Å². The summed E-state index contributed by atoms with van der Waals surface area (Å²) in [6, 6.07) is 7.65. The molecular formula is C19H23Cl2N3O2. The average Bonchev–Trinajstić information content (AvgIpc) is 3.16. The molecule has 0 unspecified atom stereocenters. The van der Waals surface area contributed by atoms with Gasteiger partial charge in [0, 0.05) is 54.4 Å². The molecule has 0 saturated carbocycles. The number of hydrogen-bond acceptors (Lipinski definition) is 3. The highest BCUT2D eigenvalue weighted by Crippen LogP contribution is 2.39. The van der Waals surface area contributed by atoms with Crippen LogP contribution in [0.5, 0.6) is 0 Å². The second kappa shape index (κ2) is 8.80. The van der Waals surface area contributed by atoms with Crippen molar-refractivity contribution in [3.63, 3.8) is 0 Å². The Morgan fingerprint density at radius 3 is 2.65 bits per heavy atom. The van der Waals surface area contributed by atoms with Gasteiger partial charge in [0.15, 0.2) is 5.96 Å². The van der Waals surface area contributed by atoms with Crippen LogP contribution in [-0.4, -0.2) is 32.8 Å². The molecule has 3 rings (SSSR count). The summed E-state index contributed by atoms with van der Waals surface area (Å²) in [4.78, 5) is 4.31. The number of nitrogens with zero attached hydrogens (tertiary/aromatic N) is 1. The second-order valence-electron chi connectivity index (χ2n) is 6.43. The molecule has 0 aliphatic carbocycles. The number of aliphatic imine (C=N–C) groups is 1. The lowest BCUT2D eigenvalue weighted by Gasteiger charge is -2.38. The molecule has 26 heavy (non-hydrogen) atoms. The van der Waals surface area contributed by atoms with E-state index in [9.17, 15) is 0 Å². The van der Waals surface area contributed by atoms with E-state index in [1.807, 2.05) is 24.3 Å². The smallest absolute Gasteiger partial charge is 0.191 e. The molecule has 0 radical (unpaired) electrons. The van der Waals surface area contributed by atoms with E-state index in [4.69, 9.17) is 32.4 Å². The first-order valence-electron chi connectivity index (χ1n) is 8.62. The molecule has 2 N–H and O–H groups in total. The molecular weight excluding hydrogens is 373 g/mol. The third-order valence-electron chi connectivity index (χ3n) is 4.81. The molecule has 1 saturated heterocycles. The van der Waals surface area contributed by atoms with Crippen molar-refractivity contribution in [2.75, 3.05) is 26.8 Å². The number of benzene rings is 1. The minimum absolute atomic E-state index is 0.118. The van der Waals surface area contributed by atoms with Gasteiger partial charge in [-0.25, -0.2) is 0 Å². The largest absolute Gasteiger partial charge is 0.472 e. The maximum Gasteiger partial charge on any atom is 0.191 e. The first-order valence-corrected chi connectivity index (χ1v) is 9.37. The number of guanidine groups is 1. The zero-order valence-corrected chi connectivity index (χ0v) is 16.2. The van der Waals surface area contributed by atoms with Crippen LogP contribution in [0, 0.1) is 0 Å². The van der Waals surface area contributed by atoms with Crippen molar-refractivity contribution in [1.82, 2.24) is 10.6 Å². The SMILES string of the molecule is CN=C(NCc1ccoc1)NCC1(c2ccc(Cl)cc2Cl)CCOCC1. The lowest BCUT2D eigenvalue weighted by molar-refractivity contribution is 0.0514. The molecule has 0 bridgehead atoms. The van der Waals surface area contributed by atoms with Gasteiger partial charge < -0.3 is 19.8 Å². The predicted octanol–water partition coefficient (Wildman–Crippen LogP) is 4.00. The second-order valence-corrected chi connectivity index (χ2v) is 7.27. The van der Waals surface area contributed by atoms with Crippen LogP contribution in [0.4, 0.5) is 0 Å². The quantitative estimate of drug-likeness (QED) is 0.593. The van der Waals surface area contributed by atoms with E-state index in [-0.39, 0.29) is 5.41 Å². The molecule has 0 atom stereocenters. The van der Waals surface area contributed by atoms with Gasteiger partial charge in [-0.3, -0.25) is 4.99 Å². The van der Waals surface area contributed by atoms with Gasteiger partial charge in [-0.2, -0.15) is 0 Å². The van der Waals surface area contributed by atoms with Gasteiger partial charge in [-0.05, 0) is 36.6 Å². The minimum Gasteiger partial charge on any atom is -0.472 e. The monoisotopic (exact) mass is 395 g/mol. The van der Waals surface area contributed by atoms with Crippen molar-refractivity contribution >= 4 is 29.2 Å². The number of halogens is 2. The fourth-order valence-corrected chi connectivity index (χ4v) is 3.88. The van der Waals surface area contributed by atoms with Crippen LogP contribution in [0.3, 0.4) is 0 Å². The van der Waals surface area contributed by atoms with Gasteiger partial charge in [0.05, 0.1) is 12.5 Å². The van der Waals surface area contributed by atoms with E-state index >= 15 is 0 Å². The molecule has 1 fully saturated rings. The Labute approximate surface area is 163 Å². The van der Waals surface area contributed by atoms with Crippen molar-refractivity contribution in [2.24, 2.45) is 4.99 Å². The Morgan fingerprint density at radius 1 is 1.19 bits per heavy atom. The Hall–Kier alpha value is -1.69. The molecule has 1 aliphatic rings. The van der Waals surface area contributed by atoms with Crippen molar-refractivity contribution < 1.29 is 9.15 Å². The lowest BCUT2D eigenvalue weighted by Crippen LogP contribution is -2.48. The fourth-order valence-electron chi connectivity index (χ4n) is 3.28. The highest BCUT2D eigenvalue weighted by molar-refractivity contribution is 6.35. The van der Waals surface area contributed by atoms with Crippen LogP contribution in [0.2, 0.25) is 10.0 Å². The topological polar surface area (TPSA) is 58.8 Å². The molecule has 0 amide bonds. The third kappa shape index (κ3) is 4.53.